The van der Waals surface area contributed by atoms with Gasteiger partial charge in [-0.05, 0) is 32.0 Å². The highest BCUT2D eigenvalue weighted by atomic mass is 32.1. The summed E-state index contributed by atoms with van der Waals surface area (Å²) >= 11 is 1.79. The SMILES string of the molecule is CNC1CCCN(Cc2csc(Cc3ccccc3)n2)C1. The van der Waals surface area contributed by atoms with Crippen LogP contribution in [0.5, 0.6) is 0 Å². The lowest BCUT2D eigenvalue weighted by Gasteiger charge is -2.31. The van der Waals surface area contributed by atoms with Crippen molar-refractivity contribution in [3.8, 4) is 0 Å². The molecule has 1 saturated heterocycles. The van der Waals surface area contributed by atoms with Gasteiger partial charge in [-0.3, -0.25) is 4.90 Å². The van der Waals surface area contributed by atoms with Gasteiger partial charge in [0.2, 0.25) is 0 Å². The molecule has 1 atom stereocenters. The van der Waals surface area contributed by atoms with E-state index in [1.165, 1.54) is 35.7 Å². The zero-order valence-electron chi connectivity index (χ0n) is 12.6. The highest BCUT2D eigenvalue weighted by molar-refractivity contribution is 7.09. The van der Waals surface area contributed by atoms with Gasteiger partial charge in [-0.1, -0.05) is 30.3 Å². The lowest BCUT2D eigenvalue weighted by atomic mass is 10.1. The van der Waals surface area contributed by atoms with Crippen molar-refractivity contribution in [3.05, 3.63) is 52.0 Å². The molecule has 0 radical (unpaired) electrons. The minimum Gasteiger partial charge on any atom is -0.316 e. The molecule has 1 aliphatic heterocycles. The Morgan fingerprint density at radius 3 is 3.00 bits per heavy atom. The molecule has 3 nitrogen and oxygen atoms in total. The molecule has 0 bridgehead atoms. The minimum absolute atomic E-state index is 0.640. The maximum atomic E-state index is 4.81. The lowest BCUT2D eigenvalue weighted by Crippen LogP contribution is -2.43. The average molecular weight is 301 g/mol. The van der Waals surface area contributed by atoms with Crippen LogP contribution in [0, 0.1) is 0 Å². The zero-order valence-corrected chi connectivity index (χ0v) is 13.4. The fourth-order valence-corrected chi connectivity index (χ4v) is 3.76. The fourth-order valence-electron chi connectivity index (χ4n) is 2.94. The molecular weight excluding hydrogens is 278 g/mol. The van der Waals surface area contributed by atoms with E-state index >= 15 is 0 Å². The fraction of sp³-hybridized carbons (Fsp3) is 0.471. The van der Waals surface area contributed by atoms with Gasteiger partial charge in [0, 0.05) is 30.9 Å². The number of thiazole rings is 1. The molecule has 1 aliphatic rings. The molecule has 0 spiro atoms. The van der Waals surface area contributed by atoms with Crippen molar-refractivity contribution in [2.45, 2.75) is 31.8 Å². The Morgan fingerprint density at radius 2 is 2.19 bits per heavy atom. The molecule has 1 unspecified atom stereocenters. The third-order valence-electron chi connectivity index (χ3n) is 4.10. The zero-order chi connectivity index (χ0) is 14.5. The molecule has 4 heteroatoms. The monoisotopic (exact) mass is 301 g/mol. The van der Waals surface area contributed by atoms with Crippen LogP contribution < -0.4 is 5.32 Å². The minimum atomic E-state index is 0.640. The maximum absolute atomic E-state index is 4.81. The topological polar surface area (TPSA) is 28.2 Å². The summed E-state index contributed by atoms with van der Waals surface area (Å²) in [5.41, 5.74) is 2.56. The largest absolute Gasteiger partial charge is 0.316 e. The molecular formula is C17H23N3S. The summed E-state index contributed by atoms with van der Waals surface area (Å²) in [6.07, 6.45) is 3.53. The Morgan fingerprint density at radius 1 is 1.33 bits per heavy atom. The molecule has 2 heterocycles. The Bertz CT molecular complexity index is 552. The molecule has 1 N–H and O–H groups in total. The van der Waals surface area contributed by atoms with Gasteiger partial charge < -0.3 is 5.32 Å². The van der Waals surface area contributed by atoms with Crippen LogP contribution in [0.2, 0.25) is 0 Å². The van der Waals surface area contributed by atoms with Gasteiger partial charge in [-0.25, -0.2) is 4.98 Å². The number of hydrogen-bond acceptors (Lipinski definition) is 4. The van der Waals surface area contributed by atoms with Gasteiger partial charge >= 0.3 is 0 Å². The first-order valence-corrected chi connectivity index (χ1v) is 8.58. The van der Waals surface area contributed by atoms with Gasteiger partial charge in [-0.2, -0.15) is 0 Å². The Kier molecular flexibility index (Phi) is 5.01. The number of aromatic nitrogens is 1. The van der Waals surface area contributed by atoms with Crippen LogP contribution in [0.25, 0.3) is 0 Å². The standard InChI is InChI=1S/C17H23N3S/c1-18-15-8-5-9-20(11-15)12-16-13-21-17(19-16)10-14-6-3-2-4-7-14/h2-4,6-7,13,15,18H,5,8-12H2,1H3. The van der Waals surface area contributed by atoms with Crippen molar-refractivity contribution in [1.29, 1.82) is 0 Å². The van der Waals surface area contributed by atoms with E-state index in [4.69, 9.17) is 4.98 Å². The summed E-state index contributed by atoms with van der Waals surface area (Å²) in [4.78, 5) is 7.33. The van der Waals surface area contributed by atoms with E-state index in [9.17, 15) is 0 Å². The van der Waals surface area contributed by atoms with E-state index < -0.39 is 0 Å². The predicted octanol–water partition coefficient (Wildman–Crippen LogP) is 2.92. The number of piperidine rings is 1. The molecule has 1 aromatic carbocycles. The van der Waals surface area contributed by atoms with Crippen molar-refractivity contribution in [2.75, 3.05) is 20.1 Å². The van der Waals surface area contributed by atoms with Crippen molar-refractivity contribution in [3.63, 3.8) is 0 Å². The normalized spacial score (nSPS) is 19.8. The first kappa shape index (κ1) is 14.7. The summed E-state index contributed by atoms with van der Waals surface area (Å²) in [7, 11) is 2.06. The number of nitrogens with zero attached hydrogens (tertiary/aromatic N) is 2. The van der Waals surface area contributed by atoms with Crippen LogP contribution in [0.3, 0.4) is 0 Å². The molecule has 2 aromatic rings. The Balaban J connectivity index is 1.57. The maximum Gasteiger partial charge on any atom is 0.0972 e. The molecule has 112 valence electrons. The van der Waals surface area contributed by atoms with E-state index in [1.54, 1.807) is 11.3 Å². The van der Waals surface area contributed by atoms with Crippen molar-refractivity contribution in [2.24, 2.45) is 0 Å². The second kappa shape index (κ2) is 7.16. The number of likely N-dealkylation sites (N-methyl/N-ethyl adjacent to an activating group) is 1. The van der Waals surface area contributed by atoms with Gasteiger partial charge in [0.15, 0.2) is 0 Å². The number of nitrogens with one attached hydrogen (secondary N) is 1. The Labute approximate surface area is 131 Å². The summed E-state index contributed by atoms with van der Waals surface area (Å²) in [6.45, 7) is 3.33. The highest BCUT2D eigenvalue weighted by Gasteiger charge is 2.19. The van der Waals surface area contributed by atoms with Crippen molar-refractivity contribution < 1.29 is 0 Å². The molecule has 3 rings (SSSR count). The first-order chi connectivity index (χ1) is 10.3. The second-order valence-corrected chi connectivity index (χ2v) is 6.70. The van der Waals surface area contributed by atoms with Gasteiger partial charge in [0.05, 0.1) is 10.7 Å². The molecule has 1 fully saturated rings. The van der Waals surface area contributed by atoms with E-state index in [0.29, 0.717) is 6.04 Å². The third kappa shape index (κ3) is 4.13. The van der Waals surface area contributed by atoms with E-state index in [1.807, 2.05) is 0 Å². The van der Waals surface area contributed by atoms with Crippen molar-refractivity contribution in [1.82, 2.24) is 15.2 Å². The molecule has 0 aliphatic carbocycles. The summed E-state index contributed by atoms with van der Waals surface area (Å²) in [5, 5.41) is 6.84. The molecule has 0 saturated carbocycles. The lowest BCUT2D eigenvalue weighted by molar-refractivity contribution is 0.186. The van der Waals surface area contributed by atoms with Crippen LogP contribution >= 0.6 is 11.3 Å². The van der Waals surface area contributed by atoms with Crippen LogP contribution in [0.1, 0.15) is 29.1 Å². The molecule has 0 amide bonds. The third-order valence-corrected chi connectivity index (χ3v) is 4.99. The van der Waals surface area contributed by atoms with E-state index in [0.717, 1.165) is 19.5 Å². The summed E-state index contributed by atoms with van der Waals surface area (Å²) < 4.78 is 0. The van der Waals surface area contributed by atoms with E-state index in [-0.39, 0.29) is 0 Å². The first-order valence-electron chi connectivity index (χ1n) is 7.70. The number of benzene rings is 1. The van der Waals surface area contributed by atoms with Crippen LogP contribution in [0.15, 0.2) is 35.7 Å². The number of hydrogen-bond donors (Lipinski definition) is 1. The number of likely N-dealkylation sites (tertiary alicyclic amines) is 1. The van der Waals surface area contributed by atoms with Gasteiger partial charge in [0.25, 0.3) is 0 Å². The predicted molar refractivity (Wildman–Crippen MR) is 88.7 cm³/mol. The van der Waals surface area contributed by atoms with Crippen LogP contribution in [-0.4, -0.2) is 36.1 Å². The smallest absolute Gasteiger partial charge is 0.0972 e. The molecule has 21 heavy (non-hydrogen) atoms. The summed E-state index contributed by atoms with van der Waals surface area (Å²) in [6, 6.07) is 11.2. The Hall–Kier alpha value is -1.23. The highest BCUT2D eigenvalue weighted by Crippen LogP contribution is 2.18. The van der Waals surface area contributed by atoms with Gasteiger partial charge in [-0.15, -0.1) is 11.3 Å². The summed E-state index contributed by atoms with van der Waals surface area (Å²) in [5.74, 6) is 0. The average Bonchev–Trinajstić information content (AvgIpc) is 2.95. The van der Waals surface area contributed by atoms with Crippen molar-refractivity contribution >= 4 is 11.3 Å². The van der Waals surface area contributed by atoms with Gasteiger partial charge in [0.1, 0.15) is 0 Å². The van der Waals surface area contributed by atoms with Crippen LogP contribution in [0.4, 0.5) is 0 Å². The van der Waals surface area contributed by atoms with E-state index in [2.05, 4.69) is 53.0 Å². The molecule has 1 aromatic heterocycles. The number of rotatable bonds is 5. The second-order valence-electron chi connectivity index (χ2n) is 5.76. The van der Waals surface area contributed by atoms with Crippen LogP contribution in [-0.2, 0) is 13.0 Å². The quantitative estimate of drug-likeness (QED) is 0.920.